The first-order valence-electron chi connectivity index (χ1n) is 7.17. The zero-order valence-electron chi connectivity index (χ0n) is 13.0. The van der Waals surface area contributed by atoms with Gasteiger partial charge in [-0.3, -0.25) is 20.4 Å². The second-order valence-corrected chi connectivity index (χ2v) is 6.81. The maximum Gasteiger partial charge on any atom is 0.286 e. The third kappa shape index (κ3) is 4.93. The lowest BCUT2D eigenvalue weighted by Crippen LogP contribution is -2.42. The predicted octanol–water partition coefficient (Wildman–Crippen LogP) is 0.453. The van der Waals surface area contributed by atoms with Crippen molar-refractivity contribution < 1.29 is 18.0 Å². The van der Waals surface area contributed by atoms with Crippen LogP contribution >= 0.6 is 0 Å². The molecule has 0 aliphatic carbocycles. The molecule has 0 unspecified atom stereocenters. The lowest BCUT2D eigenvalue weighted by molar-refractivity contribution is -0.121. The Bertz CT molecular complexity index is 799. The summed E-state index contributed by atoms with van der Waals surface area (Å²) in [4.78, 5) is 26.0. The molecular formula is C15H18N4O4S. The van der Waals surface area contributed by atoms with Crippen molar-refractivity contribution in [2.75, 3.05) is 6.54 Å². The monoisotopic (exact) mass is 350 g/mol. The molecule has 8 nitrogen and oxygen atoms in total. The number of hydrogen-bond donors (Lipinski definition) is 4. The van der Waals surface area contributed by atoms with Crippen LogP contribution in [0.3, 0.4) is 0 Å². The first-order valence-corrected chi connectivity index (χ1v) is 8.66. The number of nitrogens with one attached hydrogen (secondary N) is 4. The van der Waals surface area contributed by atoms with Crippen molar-refractivity contribution in [3.05, 3.63) is 53.9 Å². The molecule has 9 heteroatoms. The molecule has 2 aromatic rings. The Morgan fingerprint density at radius 1 is 1.08 bits per heavy atom. The van der Waals surface area contributed by atoms with Crippen molar-refractivity contribution in [3.8, 4) is 0 Å². The molecule has 1 aromatic carbocycles. The van der Waals surface area contributed by atoms with E-state index in [2.05, 4.69) is 20.6 Å². The Morgan fingerprint density at radius 3 is 2.42 bits per heavy atom. The van der Waals surface area contributed by atoms with Crippen molar-refractivity contribution in [3.63, 3.8) is 0 Å². The summed E-state index contributed by atoms with van der Waals surface area (Å²) in [5.41, 5.74) is 5.69. The fourth-order valence-electron chi connectivity index (χ4n) is 1.83. The SMILES string of the molecule is Cc1ccc(S(=O)(=O)NCCC(=O)NNC(=O)c2ccc[nH]2)cc1. The zero-order chi connectivity index (χ0) is 17.6. The number of sulfonamides is 1. The molecular weight excluding hydrogens is 332 g/mol. The molecule has 128 valence electrons. The minimum absolute atomic E-state index is 0.0829. The molecule has 2 amide bonds. The summed E-state index contributed by atoms with van der Waals surface area (Å²) >= 11 is 0. The third-order valence-electron chi connectivity index (χ3n) is 3.13. The summed E-state index contributed by atoms with van der Waals surface area (Å²) in [6.45, 7) is 1.77. The fraction of sp³-hybridized carbons (Fsp3) is 0.200. The van der Waals surface area contributed by atoms with Gasteiger partial charge in [-0.2, -0.15) is 0 Å². The van der Waals surface area contributed by atoms with Gasteiger partial charge in [0.15, 0.2) is 0 Å². The highest BCUT2D eigenvalue weighted by Crippen LogP contribution is 2.09. The molecule has 1 aromatic heterocycles. The van der Waals surface area contributed by atoms with E-state index in [4.69, 9.17) is 0 Å². The number of H-pyrrole nitrogens is 1. The van der Waals surface area contributed by atoms with E-state index < -0.39 is 21.8 Å². The first kappa shape index (κ1) is 17.7. The summed E-state index contributed by atoms with van der Waals surface area (Å²) in [7, 11) is -3.66. The summed E-state index contributed by atoms with van der Waals surface area (Å²) < 4.78 is 26.4. The van der Waals surface area contributed by atoms with E-state index in [1.54, 1.807) is 30.5 Å². The van der Waals surface area contributed by atoms with Gasteiger partial charge in [-0.15, -0.1) is 0 Å². The van der Waals surface area contributed by atoms with Gasteiger partial charge in [0.25, 0.3) is 5.91 Å². The average molecular weight is 350 g/mol. The number of hydrazine groups is 1. The summed E-state index contributed by atoms with van der Waals surface area (Å²) in [5.74, 6) is -1.00. The molecule has 0 saturated heterocycles. The molecule has 2 rings (SSSR count). The van der Waals surface area contributed by atoms with Crippen molar-refractivity contribution in [2.45, 2.75) is 18.2 Å². The maximum atomic E-state index is 12.0. The predicted molar refractivity (Wildman–Crippen MR) is 87.4 cm³/mol. The first-order chi connectivity index (χ1) is 11.4. The van der Waals surface area contributed by atoms with Crippen LogP contribution in [0.4, 0.5) is 0 Å². The van der Waals surface area contributed by atoms with Crippen molar-refractivity contribution >= 4 is 21.8 Å². The van der Waals surface area contributed by atoms with Gasteiger partial charge < -0.3 is 4.98 Å². The highest BCUT2D eigenvalue weighted by Gasteiger charge is 2.14. The van der Waals surface area contributed by atoms with Gasteiger partial charge in [-0.1, -0.05) is 17.7 Å². The third-order valence-corrected chi connectivity index (χ3v) is 4.61. The van der Waals surface area contributed by atoms with Crippen molar-refractivity contribution in [1.29, 1.82) is 0 Å². The summed E-state index contributed by atoms with van der Waals surface area (Å²) in [6, 6.07) is 9.57. The smallest absolute Gasteiger partial charge is 0.286 e. The summed E-state index contributed by atoms with van der Waals surface area (Å²) in [6.07, 6.45) is 1.46. The molecule has 0 aliphatic heterocycles. The van der Waals surface area contributed by atoms with Gasteiger partial charge in [-0.05, 0) is 31.2 Å². The van der Waals surface area contributed by atoms with Gasteiger partial charge in [-0.25, -0.2) is 13.1 Å². The quantitative estimate of drug-likeness (QED) is 0.565. The van der Waals surface area contributed by atoms with Gasteiger partial charge in [0, 0.05) is 19.2 Å². The Kier molecular flexibility index (Phi) is 5.72. The van der Waals surface area contributed by atoms with Crippen LogP contribution in [0, 0.1) is 6.92 Å². The number of amides is 2. The van der Waals surface area contributed by atoms with Crippen LogP contribution < -0.4 is 15.6 Å². The van der Waals surface area contributed by atoms with E-state index >= 15 is 0 Å². The zero-order valence-corrected chi connectivity index (χ0v) is 13.8. The van der Waals surface area contributed by atoms with Crippen LogP contribution in [-0.2, 0) is 14.8 Å². The molecule has 0 saturated carbocycles. The molecule has 0 bridgehead atoms. The van der Waals surface area contributed by atoms with E-state index in [0.29, 0.717) is 5.69 Å². The highest BCUT2D eigenvalue weighted by atomic mass is 32.2. The fourth-order valence-corrected chi connectivity index (χ4v) is 2.86. The number of carbonyl (C=O) groups is 2. The molecule has 0 radical (unpaired) electrons. The van der Waals surface area contributed by atoms with Gasteiger partial charge in [0.05, 0.1) is 4.90 Å². The van der Waals surface area contributed by atoms with Crippen LogP contribution in [0.2, 0.25) is 0 Å². The van der Waals surface area contributed by atoms with Crippen LogP contribution in [-0.4, -0.2) is 31.8 Å². The number of hydrogen-bond acceptors (Lipinski definition) is 4. The second-order valence-electron chi connectivity index (χ2n) is 5.05. The number of carbonyl (C=O) groups excluding carboxylic acids is 2. The molecule has 1 heterocycles. The number of benzene rings is 1. The van der Waals surface area contributed by atoms with Gasteiger partial charge >= 0.3 is 0 Å². The lowest BCUT2D eigenvalue weighted by atomic mass is 10.2. The molecule has 24 heavy (non-hydrogen) atoms. The second kappa shape index (κ2) is 7.75. The maximum absolute atomic E-state index is 12.0. The standard InChI is InChI=1S/C15H18N4O4S/c1-11-4-6-12(7-5-11)24(22,23)17-10-8-14(20)18-19-15(21)13-3-2-9-16-13/h2-7,9,16-17H,8,10H2,1H3,(H,18,20)(H,19,21). The van der Waals surface area contributed by atoms with E-state index in [0.717, 1.165) is 5.56 Å². The number of aryl methyl sites for hydroxylation is 1. The minimum atomic E-state index is -3.66. The topological polar surface area (TPSA) is 120 Å². The number of aromatic amines is 1. The van der Waals surface area contributed by atoms with E-state index in [1.165, 1.54) is 12.1 Å². The van der Waals surface area contributed by atoms with Crippen LogP contribution in [0.25, 0.3) is 0 Å². The molecule has 0 fully saturated rings. The van der Waals surface area contributed by atoms with Crippen LogP contribution in [0.1, 0.15) is 22.5 Å². The molecule has 4 N–H and O–H groups in total. The minimum Gasteiger partial charge on any atom is -0.357 e. The van der Waals surface area contributed by atoms with Crippen molar-refractivity contribution in [2.24, 2.45) is 0 Å². The Labute approximate surface area is 139 Å². The lowest BCUT2D eigenvalue weighted by Gasteiger charge is -2.08. The van der Waals surface area contributed by atoms with Crippen LogP contribution in [0.5, 0.6) is 0 Å². The van der Waals surface area contributed by atoms with Gasteiger partial charge in [0.2, 0.25) is 15.9 Å². The Balaban J connectivity index is 1.76. The Morgan fingerprint density at radius 2 is 1.79 bits per heavy atom. The molecule has 0 atom stereocenters. The van der Waals surface area contributed by atoms with E-state index in [9.17, 15) is 18.0 Å². The number of rotatable bonds is 6. The van der Waals surface area contributed by atoms with E-state index in [1.807, 2.05) is 6.92 Å². The van der Waals surface area contributed by atoms with Crippen LogP contribution in [0.15, 0.2) is 47.5 Å². The normalized spacial score (nSPS) is 11.0. The Hall–Kier alpha value is -2.65. The largest absolute Gasteiger partial charge is 0.357 e. The van der Waals surface area contributed by atoms with Gasteiger partial charge in [0.1, 0.15) is 5.69 Å². The molecule has 0 spiro atoms. The number of aromatic nitrogens is 1. The van der Waals surface area contributed by atoms with Crippen molar-refractivity contribution in [1.82, 2.24) is 20.6 Å². The average Bonchev–Trinajstić information content (AvgIpc) is 3.07. The highest BCUT2D eigenvalue weighted by molar-refractivity contribution is 7.89. The van der Waals surface area contributed by atoms with E-state index in [-0.39, 0.29) is 17.9 Å². The molecule has 0 aliphatic rings. The summed E-state index contributed by atoms with van der Waals surface area (Å²) in [5, 5.41) is 0.